The summed E-state index contributed by atoms with van der Waals surface area (Å²) in [6, 6.07) is 19.0. The van der Waals surface area contributed by atoms with Crippen LogP contribution in [0.2, 0.25) is 0 Å². The molecule has 0 fully saturated rings. The van der Waals surface area contributed by atoms with Crippen LogP contribution in [-0.2, 0) is 6.42 Å². The molecule has 0 atom stereocenters. The minimum Gasteiger partial charge on any atom is -0.0801 e. The number of hydrogen-bond donors (Lipinski definition) is 0. The second-order valence-corrected chi connectivity index (χ2v) is 4.39. The Morgan fingerprint density at radius 1 is 0.833 bits per heavy atom. The number of rotatable bonds is 4. The highest BCUT2D eigenvalue weighted by Gasteiger charge is 1.87. The van der Waals surface area contributed by atoms with Crippen LogP contribution in [0.5, 0.6) is 0 Å². The Labute approximate surface area is 109 Å². The summed E-state index contributed by atoms with van der Waals surface area (Å²) in [6.45, 7) is 2.11. The van der Waals surface area contributed by atoms with Gasteiger partial charge in [-0.2, -0.15) is 0 Å². The lowest BCUT2D eigenvalue weighted by atomic mass is 10.1. The number of benzene rings is 2. The van der Waals surface area contributed by atoms with Crippen molar-refractivity contribution in [3.8, 4) is 0 Å². The van der Waals surface area contributed by atoms with Gasteiger partial charge in [0.05, 0.1) is 0 Å². The van der Waals surface area contributed by atoms with Crippen LogP contribution >= 0.6 is 0 Å². The Balaban J connectivity index is 1.85. The summed E-state index contributed by atoms with van der Waals surface area (Å²) in [5, 5.41) is 0. The number of allylic oxidation sites excluding steroid dienone is 3. The highest BCUT2D eigenvalue weighted by Crippen LogP contribution is 2.05. The molecule has 0 heterocycles. The molecule has 2 rings (SSSR count). The Kier molecular flexibility index (Phi) is 4.54. The van der Waals surface area contributed by atoms with Crippen LogP contribution in [0.3, 0.4) is 0 Å². The van der Waals surface area contributed by atoms with Crippen LogP contribution in [0.15, 0.2) is 72.8 Å². The lowest BCUT2D eigenvalue weighted by molar-refractivity contribution is 1.26. The van der Waals surface area contributed by atoms with Crippen LogP contribution in [0.4, 0.5) is 0 Å². The zero-order valence-corrected chi connectivity index (χ0v) is 10.7. The topological polar surface area (TPSA) is 0 Å². The van der Waals surface area contributed by atoms with Gasteiger partial charge in [0.25, 0.3) is 0 Å². The molecule has 0 spiro atoms. The summed E-state index contributed by atoms with van der Waals surface area (Å²) in [7, 11) is 0. The number of aryl methyl sites for hydroxylation is 1. The molecule has 2 aromatic carbocycles. The largest absolute Gasteiger partial charge is 0.0801 e. The lowest BCUT2D eigenvalue weighted by Gasteiger charge is -1.96. The van der Waals surface area contributed by atoms with Gasteiger partial charge in [-0.1, -0.05) is 84.5 Å². The van der Waals surface area contributed by atoms with Gasteiger partial charge in [0, 0.05) is 0 Å². The zero-order valence-electron chi connectivity index (χ0n) is 10.7. The van der Waals surface area contributed by atoms with Crippen LogP contribution in [0, 0.1) is 6.92 Å². The molecule has 0 saturated heterocycles. The van der Waals surface area contributed by atoms with E-state index in [-0.39, 0.29) is 0 Å². The molecule has 0 aliphatic heterocycles. The van der Waals surface area contributed by atoms with E-state index in [0.29, 0.717) is 0 Å². The summed E-state index contributed by atoms with van der Waals surface area (Å²) < 4.78 is 0. The van der Waals surface area contributed by atoms with E-state index in [9.17, 15) is 0 Å². The molecule has 18 heavy (non-hydrogen) atoms. The zero-order chi connectivity index (χ0) is 12.6. The molecule has 0 amide bonds. The fourth-order valence-electron chi connectivity index (χ4n) is 1.74. The van der Waals surface area contributed by atoms with Crippen molar-refractivity contribution < 1.29 is 0 Å². The fourth-order valence-corrected chi connectivity index (χ4v) is 1.74. The molecule has 0 heteroatoms. The first-order valence-corrected chi connectivity index (χ1v) is 6.28. The molecule has 0 aliphatic carbocycles. The summed E-state index contributed by atoms with van der Waals surface area (Å²) in [6.07, 6.45) is 9.48. The van der Waals surface area contributed by atoms with Gasteiger partial charge >= 0.3 is 0 Å². The van der Waals surface area contributed by atoms with Crippen molar-refractivity contribution in [2.75, 3.05) is 0 Å². The molecule has 0 bridgehead atoms. The normalized spacial score (nSPS) is 11.4. The van der Waals surface area contributed by atoms with Gasteiger partial charge < -0.3 is 0 Å². The van der Waals surface area contributed by atoms with Gasteiger partial charge in [0.1, 0.15) is 0 Å². The summed E-state index contributed by atoms with van der Waals surface area (Å²) >= 11 is 0. The second kappa shape index (κ2) is 6.61. The van der Waals surface area contributed by atoms with E-state index < -0.39 is 0 Å². The molecule has 90 valence electrons. The van der Waals surface area contributed by atoms with Gasteiger partial charge in [0.15, 0.2) is 0 Å². The van der Waals surface area contributed by atoms with E-state index in [4.69, 9.17) is 0 Å². The van der Waals surface area contributed by atoms with Crippen LogP contribution in [0.1, 0.15) is 16.7 Å². The van der Waals surface area contributed by atoms with E-state index in [1.807, 2.05) is 6.07 Å². The second-order valence-electron chi connectivity index (χ2n) is 4.39. The molecular weight excluding hydrogens is 216 g/mol. The minimum atomic E-state index is 0.986. The van der Waals surface area contributed by atoms with Crippen LogP contribution < -0.4 is 0 Å². The average molecular weight is 234 g/mol. The smallest absolute Gasteiger partial charge is 0.00943 e. The third-order valence-corrected chi connectivity index (χ3v) is 2.81. The van der Waals surface area contributed by atoms with Crippen molar-refractivity contribution in [1.82, 2.24) is 0 Å². The van der Waals surface area contributed by atoms with Crippen molar-refractivity contribution in [3.05, 3.63) is 89.5 Å². The Hall–Kier alpha value is -2.08. The molecular formula is C18H18. The average Bonchev–Trinajstić information content (AvgIpc) is 2.42. The van der Waals surface area contributed by atoms with E-state index in [0.717, 1.165) is 6.42 Å². The van der Waals surface area contributed by atoms with Gasteiger partial charge in [-0.3, -0.25) is 0 Å². The maximum atomic E-state index is 2.18. The third-order valence-electron chi connectivity index (χ3n) is 2.81. The van der Waals surface area contributed by atoms with Gasteiger partial charge in [-0.25, -0.2) is 0 Å². The Bertz CT molecular complexity index is 516. The summed E-state index contributed by atoms with van der Waals surface area (Å²) in [5.41, 5.74) is 3.90. The van der Waals surface area contributed by atoms with Crippen molar-refractivity contribution >= 4 is 6.08 Å². The van der Waals surface area contributed by atoms with E-state index >= 15 is 0 Å². The third kappa shape index (κ3) is 4.06. The molecule has 0 aromatic heterocycles. The van der Waals surface area contributed by atoms with E-state index in [1.165, 1.54) is 16.7 Å². The van der Waals surface area contributed by atoms with Gasteiger partial charge in [-0.15, -0.1) is 0 Å². The van der Waals surface area contributed by atoms with Gasteiger partial charge in [-0.05, 0) is 24.5 Å². The predicted molar refractivity (Wildman–Crippen MR) is 79.5 cm³/mol. The summed E-state index contributed by atoms with van der Waals surface area (Å²) in [4.78, 5) is 0. The maximum absolute atomic E-state index is 2.18. The quantitative estimate of drug-likeness (QED) is 0.666. The molecule has 0 radical (unpaired) electrons. The molecule has 0 N–H and O–H groups in total. The minimum absolute atomic E-state index is 0.986. The lowest BCUT2D eigenvalue weighted by Crippen LogP contribution is -1.80. The van der Waals surface area contributed by atoms with Crippen LogP contribution in [-0.4, -0.2) is 0 Å². The molecule has 2 aromatic rings. The Morgan fingerprint density at radius 2 is 1.56 bits per heavy atom. The van der Waals surface area contributed by atoms with Gasteiger partial charge in [0.2, 0.25) is 0 Å². The predicted octanol–water partition coefficient (Wildman–Crippen LogP) is 4.81. The highest BCUT2D eigenvalue weighted by molar-refractivity contribution is 5.50. The molecule has 0 unspecified atom stereocenters. The van der Waals surface area contributed by atoms with E-state index in [2.05, 4.69) is 79.8 Å². The standard InChI is InChI=1S/C18H18/c1-16-12-14-18(15-13-16)11-7-3-6-10-17-8-4-2-5-9-17/h2-10,12-15H,11H2,1H3/b7-3-,10-6+. The molecule has 0 saturated carbocycles. The molecule has 0 nitrogen and oxygen atoms in total. The first-order valence-electron chi connectivity index (χ1n) is 6.28. The number of hydrogen-bond acceptors (Lipinski definition) is 0. The monoisotopic (exact) mass is 234 g/mol. The van der Waals surface area contributed by atoms with Crippen molar-refractivity contribution in [2.45, 2.75) is 13.3 Å². The fraction of sp³-hybridized carbons (Fsp3) is 0.111. The van der Waals surface area contributed by atoms with Crippen LogP contribution in [0.25, 0.3) is 6.08 Å². The van der Waals surface area contributed by atoms with E-state index in [1.54, 1.807) is 0 Å². The van der Waals surface area contributed by atoms with Crippen molar-refractivity contribution in [3.63, 3.8) is 0 Å². The van der Waals surface area contributed by atoms with Crippen molar-refractivity contribution in [2.24, 2.45) is 0 Å². The Morgan fingerprint density at radius 3 is 2.28 bits per heavy atom. The first kappa shape index (κ1) is 12.4. The molecule has 0 aliphatic rings. The highest BCUT2D eigenvalue weighted by atomic mass is 13.9. The maximum Gasteiger partial charge on any atom is -0.00943 e. The SMILES string of the molecule is Cc1ccc(C/C=C\C=C\c2ccccc2)cc1. The first-order chi connectivity index (χ1) is 8.84. The van der Waals surface area contributed by atoms with Crippen molar-refractivity contribution in [1.29, 1.82) is 0 Å². The summed E-state index contributed by atoms with van der Waals surface area (Å²) in [5.74, 6) is 0.